The van der Waals surface area contributed by atoms with Crippen LogP contribution in [0.4, 0.5) is 15.3 Å². The first kappa shape index (κ1) is 19.0. The number of methoxy groups -OCH3 is 1. The molecule has 2 atom stereocenters. The molecule has 0 aromatic heterocycles. The highest BCUT2D eigenvalue weighted by atomic mass is 16.6. The fraction of sp³-hybridized carbons (Fsp3) is 0.526. The minimum absolute atomic E-state index is 0.213. The van der Waals surface area contributed by atoms with Crippen molar-refractivity contribution in [3.8, 4) is 0 Å². The molecule has 8 nitrogen and oxygen atoms in total. The zero-order valence-corrected chi connectivity index (χ0v) is 16.0. The van der Waals surface area contributed by atoms with Gasteiger partial charge in [-0.1, -0.05) is 18.2 Å². The number of ether oxygens (including phenoxy) is 2. The molecule has 1 saturated heterocycles. The van der Waals surface area contributed by atoms with Gasteiger partial charge in [0.1, 0.15) is 11.6 Å². The number of fused-ring (bicyclic) bond motifs is 1. The van der Waals surface area contributed by atoms with Crippen LogP contribution in [-0.4, -0.2) is 59.2 Å². The monoisotopic (exact) mass is 375 g/mol. The van der Waals surface area contributed by atoms with Crippen LogP contribution in [0.1, 0.15) is 32.8 Å². The molecule has 2 heterocycles. The van der Waals surface area contributed by atoms with Crippen LogP contribution in [0.5, 0.6) is 0 Å². The van der Waals surface area contributed by atoms with Gasteiger partial charge in [0.15, 0.2) is 0 Å². The summed E-state index contributed by atoms with van der Waals surface area (Å²) < 4.78 is 10.3. The van der Waals surface area contributed by atoms with Crippen molar-refractivity contribution in [2.24, 2.45) is 0 Å². The van der Waals surface area contributed by atoms with Crippen LogP contribution in [0, 0.1) is 0 Å². The molecule has 2 unspecified atom stereocenters. The largest absolute Gasteiger partial charge is 0.467 e. The molecule has 0 spiro atoms. The number of hydrogen-bond donors (Lipinski definition) is 1. The van der Waals surface area contributed by atoms with Crippen molar-refractivity contribution >= 4 is 23.8 Å². The number of carbonyl (C=O) groups excluding carboxylic acids is 3. The summed E-state index contributed by atoms with van der Waals surface area (Å²) in [5.41, 5.74) is 1.09. The highest BCUT2D eigenvalue weighted by molar-refractivity contribution is 5.93. The number of likely N-dealkylation sites (tertiary alicyclic amines) is 1. The van der Waals surface area contributed by atoms with Gasteiger partial charge >= 0.3 is 18.1 Å². The summed E-state index contributed by atoms with van der Waals surface area (Å²) in [4.78, 5) is 40.4. The Morgan fingerprint density at radius 2 is 1.93 bits per heavy atom. The molecule has 8 heteroatoms. The van der Waals surface area contributed by atoms with Crippen molar-refractivity contribution in [2.45, 2.75) is 51.4 Å². The maximum absolute atomic E-state index is 12.6. The molecule has 1 N–H and O–H groups in total. The Balaban J connectivity index is 1.80. The van der Waals surface area contributed by atoms with Crippen LogP contribution in [0.3, 0.4) is 0 Å². The first-order chi connectivity index (χ1) is 12.7. The topological polar surface area (TPSA) is 88.2 Å². The minimum Gasteiger partial charge on any atom is -0.467 e. The summed E-state index contributed by atoms with van der Waals surface area (Å²) in [7, 11) is 1.28. The molecule has 3 rings (SSSR count). The molecule has 27 heavy (non-hydrogen) atoms. The van der Waals surface area contributed by atoms with Crippen molar-refractivity contribution in [1.29, 1.82) is 0 Å². The Kier molecular flexibility index (Phi) is 4.99. The molecule has 146 valence electrons. The maximum atomic E-state index is 12.6. The fourth-order valence-corrected chi connectivity index (χ4v) is 3.44. The van der Waals surface area contributed by atoms with E-state index in [2.05, 4.69) is 5.32 Å². The van der Waals surface area contributed by atoms with Gasteiger partial charge in [-0.05, 0) is 32.4 Å². The normalized spacial score (nSPS) is 22.1. The van der Waals surface area contributed by atoms with E-state index in [0.717, 1.165) is 11.3 Å². The van der Waals surface area contributed by atoms with Gasteiger partial charge in [-0.25, -0.2) is 14.4 Å². The van der Waals surface area contributed by atoms with E-state index < -0.39 is 23.7 Å². The summed E-state index contributed by atoms with van der Waals surface area (Å²) >= 11 is 0. The summed E-state index contributed by atoms with van der Waals surface area (Å²) in [6.07, 6.45) is -0.278. The minimum atomic E-state index is -0.778. The Morgan fingerprint density at radius 1 is 1.22 bits per heavy atom. The van der Waals surface area contributed by atoms with Crippen LogP contribution in [-0.2, 0) is 20.8 Å². The quantitative estimate of drug-likeness (QED) is 0.803. The van der Waals surface area contributed by atoms with Gasteiger partial charge in [-0.3, -0.25) is 4.90 Å². The average molecular weight is 375 g/mol. The van der Waals surface area contributed by atoms with Gasteiger partial charge in [0.25, 0.3) is 0 Å². The molecule has 0 radical (unpaired) electrons. The lowest BCUT2D eigenvalue weighted by Gasteiger charge is -2.33. The lowest BCUT2D eigenvalue weighted by molar-refractivity contribution is -0.145. The molecular weight excluding hydrogens is 350 g/mol. The molecule has 3 amide bonds. The van der Waals surface area contributed by atoms with E-state index in [9.17, 15) is 14.4 Å². The Bertz CT molecular complexity index is 758. The van der Waals surface area contributed by atoms with Gasteiger partial charge in [0.05, 0.1) is 13.2 Å². The highest BCUT2D eigenvalue weighted by Crippen LogP contribution is 2.30. The second kappa shape index (κ2) is 7.09. The Hall–Kier alpha value is -2.77. The van der Waals surface area contributed by atoms with Gasteiger partial charge in [0.2, 0.25) is 0 Å². The first-order valence-corrected chi connectivity index (χ1v) is 8.92. The molecule has 2 aliphatic rings. The number of benzene rings is 1. The van der Waals surface area contributed by atoms with Crippen LogP contribution in [0.15, 0.2) is 24.3 Å². The van der Waals surface area contributed by atoms with Gasteiger partial charge in [0, 0.05) is 25.2 Å². The smallest absolute Gasteiger partial charge is 0.411 e. The van der Waals surface area contributed by atoms with Gasteiger partial charge < -0.3 is 19.7 Å². The molecule has 0 bridgehead atoms. The van der Waals surface area contributed by atoms with E-state index in [1.807, 2.05) is 24.3 Å². The third-order valence-corrected chi connectivity index (χ3v) is 4.68. The summed E-state index contributed by atoms with van der Waals surface area (Å²) in [6.45, 7) is 5.93. The second-order valence-corrected chi connectivity index (χ2v) is 7.78. The second-order valence-electron chi connectivity index (χ2n) is 7.78. The van der Waals surface area contributed by atoms with Crippen molar-refractivity contribution < 1.29 is 23.9 Å². The predicted octanol–water partition coefficient (Wildman–Crippen LogP) is 2.59. The predicted molar refractivity (Wildman–Crippen MR) is 98.2 cm³/mol. The lowest BCUT2D eigenvalue weighted by atomic mass is 10.1. The number of carbonyl (C=O) groups is 3. The highest BCUT2D eigenvalue weighted by Gasteiger charge is 2.45. The number of anilines is 1. The summed E-state index contributed by atoms with van der Waals surface area (Å²) in [6, 6.07) is 6.24. The number of amides is 3. The van der Waals surface area contributed by atoms with E-state index >= 15 is 0 Å². The number of rotatable bonds is 2. The number of hydrogen-bond acceptors (Lipinski definition) is 5. The Labute approximate surface area is 158 Å². The first-order valence-electron chi connectivity index (χ1n) is 8.92. The zero-order chi connectivity index (χ0) is 19.8. The van der Waals surface area contributed by atoms with Gasteiger partial charge in [-0.2, -0.15) is 0 Å². The Morgan fingerprint density at radius 3 is 2.59 bits per heavy atom. The fourth-order valence-electron chi connectivity index (χ4n) is 3.44. The van der Waals surface area contributed by atoms with E-state index in [1.165, 1.54) is 12.0 Å². The molecular formula is C19H25N3O5. The lowest BCUT2D eigenvalue weighted by Crippen LogP contribution is -2.47. The number of nitrogens with zero attached hydrogens (tertiary/aromatic N) is 2. The number of nitrogens with one attached hydrogen (secondary N) is 1. The molecule has 1 aromatic rings. The van der Waals surface area contributed by atoms with Crippen molar-refractivity contribution in [3.63, 3.8) is 0 Å². The molecule has 0 saturated carbocycles. The van der Waals surface area contributed by atoms with Crippen LogP contribution in [0.2, 0.25) is 0 Å². The van der Waals surface area contributed by atoms with Crippen molar-refractivity contribution in [2.75, 3.05) is 19.0 Å². The SMILES string of the molecule is COC(=O)C1CC(N2Cc3ccccc3NC2=O)CN1C(=O)OC(C)(C)C. The zero-order valence-electron chi connectivity index (χ0n) is 16.0. The standard InChI is InChI=1S/C19H25N3O5/c1-19(2,3)27-18(25)22-11-13(9-15(22)16(23)26-4)21-10-12-7-5-6-8-14(12)20-17(21)24/h5-8,13,15H,9-11H2,1-4H3,(H,20,24). The van der Waals surface area contributed by atoms with Crippen molar-refractivity contribution in [3.05, 3.63) is 29.8 Å². The third-order valence-electron chi connectivity index (χ3n) is 4.68. The van der Waals surface area contributed by atoms with E-state index in [4.69, 9.17) is 9.47 Å². The maximum Gasteiger partial charge on any atom is 0.411 e. The third kappa shape index (κ3) is 3.99. The molecule has 2 aliphatic heterocycles. The number of urea groups is 1. The average Bonchev–Trinajstić information content (AvgIpc) is 3.04. The van der Waals surface area contributed by atoms with E-state index in [-0.39, 0.29) is 18.6 Å². The van der Waals surface area contributed by atoms with Crippen LogP contribution >= 0.6 is 0 Å². The van der Waals surface area contributed by atoms with Crippen molar-refractivity contribution in [1.82, 2.24) is 9.80 Å². The van der Waals surface area contributed by atoms with Gasteiger partial charge in [-0.15, -0.1) is 0 Å². The molecule has 1 aromatic carbocycles. The molecule has 1 fully saturated rings. The van der Waals surface area contributed by atoms with E-state index in [0.29, 0.717) is 13.0 Å². The molecule has 0 aliphatic carbocycles. The van der Waals surface area contributed by atoms with Crippen LogP contribution < -0.4 is 5.32 Å². The van der Waals surface area contributed by atoms with E-state index in [1.54, 1.807) is 25.7 Å². The van der Waals surface area contributed by atoms with Crippen LogP contribution in [0.25, 0.3) is 0 Å². The number of para-hydroxylation sites is 1. The summed E-state index contributed by atoms with van der Waals surface area (Å²) in [5, 5.41) is 2.86. The number of esters is 1. The summed E-state index contributed by atoms with van der Waals surface area (Å²) in [5.74, 6) is -0.513.